The second-order valence-corrected chi connectivity index (χ2v) is 8.68. The van der Waals surface area contributed by atoms with Gasteiger partial charge >= 0.3 is 6.18 Å². The summed E-state index contributed by atoms with van der Waals surface area (Å²) in [6.45, 7) is 1.29. The number of nitrogens with zero attached hydrogens (tertiary/aromatic N) is 1. The molecule has 30 heavy (non-hydrogen) atoms. The molecule has 160 valence electrons. The number of alkyl halides is 3. The number of rotatable bonds is 6. The number of halogens is 3. The number of Topliss-reactive ketones (excluding diaryl/α,β-unsaturated/α-hetero) is 1. The molecule has 0 atom stereocenters. The maximum atomic E-state index is 13.8. The molecule has 1 aliphatic heterocycles. The molecule has 2 aromatic carbocycles. The topological polar surface area (TPSA) is 20.3 Å². The minimum Gasteiger partial charge on any atom is -0.367 e. The first-order valence-corrected chi connectivity index (χ1v) is 10.9. The van der Waals surface area contributed by atoms with Gasteiger partial charge < -0.3 is 4.90 Å². The Balaban J connectivity index is 1.49. The van der Waals surface area contributed by atoms with E-state index in [0.29, 0.717) is 31.1 Å². The van der Waals surface area contributed by atoms with Gasteiger partial charge in [-0.25, -0.2) is 0 Å². The van der Waals surface area contributed by atoms with E-state index in [9.17, 15) is 18.0 Å². The molecule has 0 aromatic heterocycles. The van der Waals surface area contributed by atoms with Crippen LogP contribution in [0.2, 0.25) is 0 Å². The summed E-state index contributed by atoms with van der Waals surface area (Å²) in [6.07, 6.45) is 2.12. The highest BCUT2D eigenvalue weighted by Gasteiger charge is 2.34. The number of anilines is 1. The maximum Gasteiger partial charge on any atom is 0.416 e. The van der Waals surface area contributed by atoms with Crippen LogP contribution in [0.1, 0.15) is 60.8 Å². The van der Waals surface area contributed by atoms with Gasteiger partial charge in [-0.15, -0.1) is 0 Å². The molecular formula is C25H28F3NO. The summed E-state index contributed by atoms with van der Waals surface area (Å²) in [4.78, 5) is 14.4. The zero-order valence-electron chi connectivity index (χ0n) is 17.2. The summed E-state index contributed by atoms with van der Waals surface area (Å²) in [6, 6.07) is 12.5. The number of hydrogen-bond acceptors (Lipinski definition) is 2. The first-order chi connectivity index (χ1) is 14.4. The Morgan fingerprint density at radius 2 is 1.77 bits per heavy atom. The first kappa shape index (κ1) is 21.0. The monoisotopic (exact) mass is 415 g/mol. The molecule has 1 aliphatic carbocycles. The Kier molecular flexibility index (Phi) is 6.16. The van der Waals surface area contributed by atoms with E-state index < -0.39 is 11.7 Å². The van der Waals surface area contributed by atoms with Crippen molar-refractivity contribution in [2.24, 2.45) is 5.92 Å². The summed E-state index contributed by atoms with van der Waals surface area (Å²) < 4.78 is 41.4. The van der Waals surface area contributed by atoms with E-state index in [1.807, 2.05) is 23.1 Å². The Morgan fingerprint density at radius 3 is 2.50 bits per heavy atom. The third-order valence-electron chi connectivity index (χ3n) is 6.59. The predicted molar refractivity (Wildman–Crippen MR) is 113 cm³/mol. The highest BCUT2D eigenvalue weighted by Crippen LogP contribution is 2.36. The fourth-order valence-corrected chi connectivity index (χ4v) is 4.86. The number of carbonyl (C=O) groups excluding carboxylic acids is 1. The fourth-order valence-electron chi connectivity index (χ4n) is 4.86. The van der Waals surface area contributed by atoms with Crippen molar-refractivity contribution in [3.8, 4) is 0 Å². The van der Waals surface area contributed by atoms with Crippen LogP contribution in [0, 0.1) is 5.92 Å². The zero-order valence-corrected chi connectivity index (χ0v) is 17.2. The van der Waals surface area contributed by atoms with Crippen LogP contribution in [0.4, 0.5) is 18.9 Å². The Labute approximate surface area is 176 Å². The molecule has 1 fully saturated rings. The number of carbonyl (C=O) groups is 1. The van der Waals surface area contributed by atoms with Gasteiger partial charge in [0.2, 0.25) is 0 Å². The SMILES string of the molecule is O=C(CCC1CCCC1)Cc1ccc(N2CCc3ccccc3C2)cc1C(F)(F)F. The van der Waals surface area contributed by atoms with E-state index >= 15 is 0 Å². The van der Waals surface area contributed by atoms with E-state index in [0.717, 1.165) is 31.2 Å². The van der Waals surface area contributed by atoms with Crippen LogP contribution in [0.5, 0.6) is 0 Å². The van der Waals surface area contributed by atoms with Gasteiger partial charge in [0.15, 0.2) is 0 Å². The lowest BCUT2D eigenvalue weighted by Crippen LogP contribution is -2.30. The molecule has 0 saturated heterocycles. The van der Waals surface area contributed by atoms with Crippen molar-refractivity contribution in [1.29, 1.82) is 0 Å². The van der Waals surface area contributed by atoms with E-state index in [-0.39, 0.29) is 17.8 Å². The predicted octanol–water partition coefficient (Wildman–Crippen LogP) is 6.35. The van der Waals surface area contributed by atoms with Gasteiger partial charge in [0.05, 0.1) is 5.56 Å². The molecule has 0 radical (unpaired) electrons. The Hall–Kier alpha value is -2.30. The van der Waals surface area contributed by atoms with Crippen molar-refractivity contribution < 1.29 is 18.0 Å². The van der Waals surface area contributed by atoms with Crippen molar-refractivity contribution in [2.75, 3.05) is 11.4 Å². The lowest BCUT2D eigenvalue weighted by molar-refractivity contribution is -0.138. The molecule has 0 N–H and O–H groups in total. The lowest BCUT2D eigenvalue weighted by atomic mass is 9.94. The molecule has 0 unspecified atom stereocenters. The van der Waals surface area contributed by atoms with Gasteiger partial charge in [-0.05, 0) is 47.6 Å². The highest BCUT2D eigenvalue weighted by molar-refractivity contribution is 5.81. The van der Waals surface area contributed by atoms with Crippen LogP contribution in [0.3, 0.4) is 0 Å². The number of benzene rings is 2. The summed E-state index contributed by atoms with van der Waals surface area (Å²) >= 11 is 0. The average molecular weight is 415 g/mol. The van der Waals surface area contributed by atoms with Crippen molar-refractivity contribution in [3.05, 3.63) is 64.7 Å². The average Bonchev–Trinajstić information content (AvgIpc) is 3.25. The molecule has 2 nitrogen and oxygen atoms in total. The molecule has 1 saturated carbocycles. The molecule has 5 heteroatoms. The molecule has 2 aliphatic rings. The van der Waals surface area contributed by atoms with Gasteiger partial charge in [-0.3, -0.25) is 4.79 Å². The van der Waals surface area contributed by atoms with E-state index in [1.54, 1.807) is 6.07 Å². The molecule has 0 spiro atoms. The molecule has 4 rings (SSSR count). The summed E-state index contributed by atoms with van der Waals surface area (Å²) in [5.74, 6) is 0.479. The first-order valence-electron chi connectivity index (χ1n) is 10.9. The minimum absolute atomic E-state index is 0.0907. The number of hydrogen-bond donors (Lipinski definition) is 0. The van der Waals surface area contributed by atoms with Gasteiger partial charge in [0, 0.05) is 31.6 Å². The molecule has 0 bridgehead atoms. The van der Waals surface area contributed by atoms with E-state index in [2.05, 4.69) is 6.07 Å². The highest BCUT2D eigenvalue weighted by atomic mass is 19.4. The van der Waals surface area contributed by atoms with Crippen LogP contribution in [-0.4, -0.2) is 12.3 Å². The van der Waals surface area contributed by atoms with Gasteiger partial charge in [-0.1, -0.05) is 56.0 Å². The Morgan fingerprint density at radius 1 is 1.03 bits per heavy atom. The van der Waals surface area contributed by atoms with Crippen molar-refractivity contribution in [3.63, 3.8) is 0 Å². The van der Waals surface area contributed by atoms with Crippen molar-refractivity contribution in [2.45, 2.75) is 64.1 Å². The van der Waals surface area contributed by atoms with E-state index in [1.165, 1.54) is 30.5 Å². The third-order valence-corrected chi connectivity index (χ3v) is 6.59. The summed E-state index contributed by atoms with van der Waals surface area (Å²) in [7, 11) is 0. The van der Waals surface area contributed by atoms with E-state index in [4.69, 9.17) is 0 Å². The maximum absolute atomic E-state index is 13.8. The summed E-state index contributed by atoms with van der Waals surface area (Å²) in [5, 5.41) is 0. The number of ketones is 1. The normalized spacial score (nSPS) is 17.2. The zero-order chi connectivity index (χ0) is 21.1. The molecule has 1 heterocycles. The van der Waals surface area contributed by atoms with Gasteiger partial charge in [0.25, 0.3) is 0 Å². The quantitative estimate of drug-likeness (QED) is 0.548. The van der Waals surface area contributed by atoms with Gasteiger partial charge in [0.1, 0.15) is 5.78 Å². The second kappa shape index (κ2) is 8.83. The van der Waals surface area contributed by atoms with Crippen LogP contribution in [0.15, 0.2) is 42.5 Å². The molecular weight excluding hydrogens is 387 g/mol. The van der Waals surface area contributed by atoms with Crippen LogP contribution in [0.25, 0.3) is 0 Å². The van der Waals surface area contributed by atoms with Crippen LogP contribution < -0.4 is 4.90 Å². The lowest BCUT2D eigenvalue weighted by Gasteiger charge is -2.31. The number of fused-ring (bicyclic) bond motifs is 1. The molecule has 0 amide bonds. The summed E-state index contributed by atoms with van der Waals surface area (Å²) in [5.41, 5.74) is 2.41. The largest absolute Gasteiger partial charge is 0.416 e. The van der Waals surface area contributed by atoms with Crippen LogP contribution >= 0.6 is 0 Å². The third kappa shape index (κ3) is 4.88. The standard InChI is InChI=1S/C25H28F3NO/c26-25(27,28)24-16-22(29-14-13-19-7-3-4-8-21(19)17-29)11-10-20(24)15-23(30)12-9-18-5-1-2-6-18/h3-4,7-8,10-11,16,18H,1-2,5-6,9,12-15,17H2. The second-order valence-electron chi connectivity index (χ2n) is 8.68. The van der Waals surface area contributed by atoms with Crippen molar-refractivity contribution >= 4 is 11.5 Å². The molecule has 2 aromatic rings. The van der Waals surface area contributed by atoms with Crippen molar-refractivity contribution in [1.82, 2.24) is 0 Å². The fraction of sp³-hybridized carbons (Fsp3) is 0.480. The van der Waals surface area contributed by atoms with Gasteiger partial charge in [-0.2, -0.15) is 13.2 Å². The van der Waals surface area contributed by atoms with Crippen LogP contribution in [-0.2, 0) is 30.4 Å². The minimum atomic E-state index is -4.47. The smallest absolute Gasteiger partial charge is 0.367 e. The Bertz CT molecular complexity index is 900.